The van der Waals surface area contributed by atoms with E-state index in [2.05, 4.69) is 29.0 Å². The van der Waals surface area contributed by atoms with Crippen molar-refractivity contribution in [2.24, 2.45) is 0 Å². The van der Waals surface area contributed by atoms with Crippen LogP contribution in [0.25, 0.3) is 11.0 Å². The Kier molecular flexibility index (Phi) is 6.13. The van der Waals surface area contributed by atoms with E-state index in [1.807, 2.05) is 11.6 Å². The van der Waals surface area contributed by atoms with Gasteiger partial charge in [-0.1, -0.05) is 0 Å². The Morgan fingerprint density at radius 2 is 2.03 bits per heavy atom. The summed E-state index contributed by atoms with van der Waals surface area (Å²) >= 11 is 0. The lowest BCUT2D eigenvalue weighted by Crippen LogP contribution is -2.30. The molecule has 30 heavy (non-hydrogen) atoms. The van der Waals surface area contributed by atoms with Gasteiger partial charge in [0.2, 0.25) is 0 Å². The minimum atomic E-state index is -0.429. The number of hydrogen-bond acceptors (Lipinski definition) is 5. The predicted octanol–water partition coefficient (Wildman–Crippen LogP) is 2.89. The van der Waals surface area contributed by atoms with Gasteiger partial charge in [-0.3, -0.25) is 9.69 Å². The van der Waals surface area contributed by atoms with Crippen LogP contribution in [0.4, 0.5) is 4.79 Å². The van der Waals surface area contributed by atoms with Crippen LogP contribution >= 0.6 is 0 Å². The highest BCUT2D eigenvalue weighted by Gasteiger charge is 2.33. The molecule has 0 radical (unpaired) electrons. The quantitative estimate of drug-likeness (QED) is 0.757. The number of amides is 1. The Bertz CT molecular complexity index is 977. The van der Waals surface area contributed by atoms with Gasteiger partial charge in [0.1, 0.15) is 12.3 Å². The number of aromatic amines is 1. The van der Waals surface area contributed by atoms with E-state index in [0.29, 0.717) is 19.1 Å². The zero-order valence-corrected chi connectivity index (χ0v) is 18.3. The van der Waals surface area contributed by atoms with Crippen LogP contribution in [0.3, 0.4) is 0 Å². The van der Waals surface area contributed by atoms with Crippen LogP contribution in [0.5, 0.6) is 0 Å². The largest absolute Gasteiger partial charge is 0.448 e. The molecule has 1 fully saturated rings. The molecule has 0 aromatic carbocycles. The highest BCUT2D eigenvalue weighted by molar-refractivity contribution is 5.84. The minimum Gasteiger partial charge on any atom is -0.448 e. The summed E-state index contributed by atoms with van der Waals surface area (Å²) in [6.07, 6.45) is 5.74. The number of carbonyl (C=O) groups excluding carboxylic acids is 1. The molecule has 1 atom stereocenters. The van der Waals surface area contributed by atoms with Gasteiger partial charge in [0.25, 0.3) is 5.56 Å². The number of likely N-dealkylation sites (tertiary alicyclic amines) is 1. The SMILES string of the molecule is CCNC(=O)OCCn1nc(C2CCCN2C(C)C)c2c3c(c(=O)[nH]c21)CCCC3. The zero-order chi connectivity index (χ0) is 21.3. The van der Waals surface area contributed by atoms with Crippen molar-refractivity contribution < 1.29 is 9.53 Å². The number of H-pyrrole nitrogens is 1. The monoisotopic (exact) mass is 415 g/mol. The van der Waals surface area contributed by atoms with Crippen molar-refractivity contribution in [2.75, 3.05) is 19.7 Å². The highest BCUT2D eigenvalue weighted by atomic mass is 16.5. The van der Waals surface area contributed by atoms with Gasteiger partial charge in [0.05, 0.1) is 18.3 Å². The Labute approximate surface area is 177 Å². The summed E-state index contributed by atoms with van der Waals surface area (Å²) in [6.45, 7) is 8.54. The Balaban J connectivity index is 1.76. The number of aromatic nitrogens is 3. The Morgan fingerprint density at radius 1 is 1.27 bits per heavy atom. The maximum atomic E-state index is 12.8. The minimum absolute atomic E-state index is 0.00156. The van der Waals surface area contributed by atoms with Crippen molar-refractivity contribution in [1.29, 1.82) is 0 Å². The Morgan fingerprint density at radius 3 is 2.77 bits per heavy atom. The number of nitrogens with zero attached hydrogens (tertiary/aromatic N) is 3. The third kappa shape index (κ3) is 3.85. The van der Waals surface area contributed by atoms with Gasteiger partial charge in [0.15, 0.2) is 0 Å². The van der Waals surface area contributed by atoms with Crippen molar-refractivity contribution in [3.63, 3.8) is 0 Å². The molecule has 164 valence electrons. The van der Waals surface area contributed by atoms with E-state index in [1.165, 1.54) is 5.56 Å². The molecule has 1 amide bonds. The molecule has 0 saturated carbocycles. The van der Waals surface area contributed by atoms with Gasteiger partial charge in [-0.05, 0) is 71.4 Å². The fourth-order valence-electron chi connectivity index (χ4n) is 5.04. The molecule has 8 heteroatoms. The summed E-state index contributed by atoms with van der Waals surface area (Å²) in [4.78, 5) is 30.1. The molecule has 1 saturated heterocycles. The molecule has 1 aliphatic heterocycles. The second-order valence-electron chi connectivity index (χ2n) is 8.61. The standard InChI is InChI=1S/C22H33N5O3/c1-4-23-22(29)30-13-12-27-20-18(15-8-5-6-9-16(15)21(28)24-20)19(25-27)17-10-7-11-26(17)14(2)3/h14,17H,4-13H2,1-3H3,(H,23,29)(H,24,28). The predicted molar refractivity (Wildman–Crippen MR) is 116 cm³/mol. The molecule has 8 nitrogen and oxygen atoms in total. The van der Waals surface area contributed by atoms with Gasteiger partial charge < -0.3 is 15.0 Å². The third-order valence-corrected chi connectivity index (χ3v) is 6.39. The molecule has 1 unspecified atom stereocenters. The summed E-state index contributed by atoms with van der Waals surface area (Å²) in [5, 5.41) is 8.75. The molecule has 4 rings (SSSR count). The maximum absolute atomic E-state index is 12.8. The lowest BCUT2D eigenvalue weighted by Gasteiger charge is -2.27. The number of alkyl carbamates (subject to hydrolysis) is 1. The molecular weight excluding hydrogens is 382 g/mol. The Hall–Kier alpha value is -2.35. The van der Waals surface area contributed by atoms with Gasteiger partial charge >= 0.3 is 6.09 Å². The van der Waals surface area contributed by atoms with E-state index in [4.69, 9.17) is 9.84 Å². The van der Waals surface area contributed by atoms with E-state index < -0.39 is 6.09 Å². The number of rotatable bonds is 6. The van der Waals surface area contributed by atoms with Gasteiger partial charge in [-0.2, -0.15) is 5.10 Å². The van der Waals surface area contributed by atoms with E-state index in [-0.39, 0.29) is 18.2 Å². The molecule has 2 N–H and O–H groups in total. The first kappa shape index (κ1) is 20.9. The van der Waals surface area contributed by atoms with Crippen LogP contribution in [0.2, 0.25) is 0 Å². The molecule has 3 heterocycles. The second kappa shape index (κ2) is 8.79. The molecule has 2 aromatic rings. The fourth-order valence-corrected chi connectivity index (χ4v) is 5.04. The van der Waals surface area contributed by atoms with Crippen molar-refractivity contribution in [3.05, 3.63) is 27.2 Å². The van der Waals surface area contributed by atoms with Crippen molar-refractivity contribution in [2.45, 2.75) is 77.9 Å². The van der Waals surface area contributed by atoms with Crippen LogP contribution in [0.1, 0.15) is 69.3 Å². The first-order valence-corrected chi connectivity index (χ1v) is 11.3. The topological polar surface area (TPSA) is 92.2 Å². The summed E-state index contributed by atoms with van der Waals surface area (Å²) in [5.41, 5.74) is 3.96. The second-order valence-corrected chi connectivity index (χ2v) is 8.61. The smallest absolute Gasteiger partial charge is 0.407 e. The maximum Gasteiger partial charge on any atom is 0.407 e. The van der Waals surface area contributed by atoms with E-state index in [0.717, 1.165) is 67.4 Å². The van der Waals surface area contributed by atoms with Crippen LogP contribution in [-0.2, 0) is 24.1 Å². The number of hydrogen-bond donors (Lipinski definition) is 2. The number of nitrogens with one attached hydrogen (secondary N) is 2. The van der Waals surface area contributed by atoms with Crippen LogP contribution in [0, 0.1) is 0 Å². The van der Waals surface area contributed by atoms with Gasteiger partial charge in [-0.25, -0.2) is 9.48 Å². The lowest BCUT2D eigenvalue weighted by atomic mass is 9.89. The summed E-state index contributed by atoms with van der Waals surface area (Å²) in [6, 6.07) is 0.701. The highest BCUT2D eigenvalue weighted by Crippen LogP contribution is 2.38. The first-order chi connectivity index (χ1) is 14.5. The number of fused-ring (bicyclic) bond motifs is 3. The van der Waals surface area contributed by atoms with Gasteiger partial charge in [-0.15, -0.1) is 0 Å². The van der Waals surface area contributed by atoms with Crippen LogP contribution in [-0.4, -0.2) is 51.5 Å². The summed E-state index contributed by atoms with van der Waals surface area (Å²) in [7, 11) is 0. The van der Waals surface area contributed by atoms with E-state index in [9.17, 15) is 9.59 Å². The number of ether oxygens (including phenoxy) is 1. The molecule has 2 aromatic heterocycles. The first-order valence-electron chi connectivity index (χ1n) is 11.3. The number of aryl methyl sites for hydroxylation is 1. The molecule has 0 spiro atoms. The molecular formula is C22H33N5O3. The average molecular weight is 416 g/mol. The fraction of sp³-hybridized carbons (Fsp3) is 0.682. The van der Waals surface area contributed by atoms with Gasteiger partial charge in [0, 0.05) is 23.5 Å². The van der Waals surface area contributed by atoms with Crippen LogP contribution < -0.4 is 10.9 Å². The van der Waals surface area contributed by atoms with Crippen molar-refractivity contribution >= 4 is 17.1 Å². The molecule has 1 aliphatic carbocycles. The lowest BCUT2D eigenvalue weighted by molar-refractivity contribution is 0.141. The van der Waals surface area contributed by atoms with E-state index in [1.54, 1.807) is 0 Å². The normalized spacial score (nSPS) is 19.4. The van der Waals surface area contributed by atoms with Crippen LogP contribution in [0.15, 0.2) is 4.79 Å². The van der Waals surface area contributed by atoms with E-state index >= 15 is 0 Å². The summed E-state index contributed by atoms with van der Waals surface area (Å²) in [5.74, 6) is 0. The summed E-state index contributed by atoms with van der Waals surface area (Å²) < 4.78 is 7.09. The average Bonchev–Trinajstić information content (AvgIpc) is 3.34. The zero-order valence-electron chi connectivity index (χ0n) is 18.3. The van der Waals surface area contributed by atoms with Crippen molar-refractivity contribution in [3.8, 4) is 0 Å². The third-order valence-electron chi connectivity index (χ3n) is 6.39. The van der Waals surface area contributed by atoms with Crippen molar-refractivity contribution in [1.82, 2.24) is 25.0 Å². The molecule has 0 bridgehead atoms. The molecule has 2 aliphatic rings. The number of pyridine rings is 1. The number of carbonyl (C=O) groups is 1.